The van der Waals surface area contributed by atoms with Crippen LogP contribution in [0.25, 0.3) is 10.2 Å². The van der Waals surface area contributed by atoms with Crippen molar-refractivity contribution in [2.75, 3.05) is 5.32 Å². The van der Waals surface area contributed by atoms with E-state index in [2.05, 4.69) is 26.2 Å². The highest BCUT2D eigenvalue weighted by Gasteiger charge is 2.19. The lowest BCUT2D eigenvalue weighted by molar-refractivity contribution is -0.116. The SMILES string of the molecule is CC(C)[C@H](Br)C(=O)Nc1nc2ccc(OCc3ccc(Cl)cc3)cc2s1. The molecule has 4 nitrogen and oxygen atoms in total. The van der Waals surface area contributed by atoms with Crippen molar-refractivity contribution >= 4 is 60.1 Å². The zero-order valence-electron chi connectivity index (χ0n) is 14.3. The number of nitrogens with zero attached hydrogens (tertiary/aromatic N) is 1. The van der Waals surface area contributed by atoms with Crippen LogP contribution in [0, 0.1) is 5.92 Å². The molecule has 1 aromatic heterocycles. The molecule has 7 heteroatoms. The minimum absolute atomic E-state index is 0.0849. The van der Waals surface area contributed by atoms with Crippen LogP contribution in [0.2, 0.25) is 5.02 Å². The zero-order valence-corrected chi connectivity index (χ0v) is 17.5. The summed E-state index contributed by atoms with van der Waals surface area (Å²) in [5.74, 6) is 0.880. The minimum atomic E-state index is -0.243. The standard InChI is InChI=1S/C19H18BrClN2O2S/c1-11(2)17(20)18(24)23-19-22-15-8-7-14(9-16(15)26-19)25-10-12-3-5-13(21)6-4-12/h3-9,11,17H,10H2,1-2H3,(H,22,23,24)/t17-/m0/s1. The first-order chi connectivity index (χ1) is 12.4. The van der Waals surface area contributed by atoms with E-state index in [0.29, 0.717) is 16.8 Å². The van der Waals surface area contributed by atoms with Crippen LogP contribution >= 0.6 is 38.9 Å². The molecule has 26 heavy (non-hydrogen) atoms. The molecule has 0 spiro atoms. The summed E-state index contributed by atoms with van der Waals surface area (Å²) in [6.45, 7) is 4.44. The lowest BCUT2D eigenvalue weighted by Gasteiger charge is -2.11. The molecular formula is C19H18BrClN2O2S. The van der Waals surface area contributed by atoms with Crippen LogP contribution in [0.5, 0.6) is 5.75 Å². The Bertz CT molecular complexity index is 912. The van der Waals surface area contributed by atoms with Crippen molar-refractivity contribution in [3.8, 4) is 5.75 Å². The molecule has 0 fully saturated rings. The van der Waals surface area contributed by atoms with E-state index in [-0.39, 0.29) is 16.7 Å². The Hall–Kier alpha value is -1.63. The number of nitrogens with one attached hydrogen (secondary N) is 1. The predicted octanol–water partition coefficient (Wildman–Crippen LogP) is 5.89. The lowest BCUT2D eigenvalue weighted by Crippen LogP contribution is -2.26. The van der Waals surface area contributed by atoms with E-state index in [4.69, 9.17) is 16.3 Å². The molecule has 0 radical (unpaired) electrons. The molecule has 1 atom stereocenters. The van der Waals surface area contributed by atoms with Gasteiger partial charge >= 0.3 is 0 Å². The van der Waals surface area contributed by atoms with Gasteiger partial charge in [-0.25, -0.2) is 4.98 Å². The fraction of sp³-hybridized carbons (Fsp3) is 0.263. The van der Waals surface area contributed by atoms with Crippen LogP contribution < -0.4 is 10.1 Å². The van der Waals surface area contributed by atoms with Gasteiger partial charge in [0.1, 0.15) is 12.4 Å². The Labute approximate surface area is 169 Å². The van der Waals surface area contributed by atoms with Crippen molar-refractivity contribution in [2.45, 2.75) is 25.3 Å². The van der Waals surface area contributed by atoms with Crippen molar-refractivity contribution in [1.82, 2.24) is 4.98 Å². The molecule has 2 aromatic carbocycles. The van der Waals surface area contributed by atoms with Gasteiger partial charge in [-0.15, -0.1) is 0 Å². The van der Waals surface area contributed by atoms with E-state index >= 15 is 0 Å². The van der Waals surface area contributed by atoms with E-state index in [9.17, 15) is 4.79 Å². The lowest BCUT2D eigenvalue weighted by atomic mass is 10.1. The molecule has 0 saturated heterocycles. The third kappa shape index (κ3) is 4.75. The number of amides is 1. The second-order valence-corrected chi connectivity index (χ2v) is 8.65. The number of hydrogen-bond donors (Lipinski definition) is 1. The number of anilines is 1. The Kier molecular flexibility index (Phi) is 6.16. The molecule has 3 aromatic rings. The smallest absolute Gasteiger partial charge is 0.240 e. The summed E-state index contributed by atoms with van der Waals surface area (Å²) in [6, 6.07) is 13.3. The first-order valence-corrected chi connectivity index (χ1v) is 10.3. The largest absolute Gasteiger partial charge is 0.489 e. The first-order valence-electron chi connectivity index (χ1n) is 8.15. The Morgan fingerprint density at radius 3 is 2.69 bits per heavy atom. The molecule has 3 rings (SSSR count). The van der Waals surface area contributed by atoms with E-state index in [1.165, 1.54) is 11.3 Å². The summed E-state index contributed by atoms with van der Waals surface area (Å²) >= 11 is 10.7. The number of thiazole rings is 1. The minimum Gasteiger partial charge on any atom is -0.489 e. The summed E-state index contributed by atoms with van der Waals surface area (Å²) in [5, 5.41) is 4.16. The zero-order chi connectivity index (χ0) is 18.7. The summed E-state index contributed by atoms with van der Waals surface area (Å²) in [5.41, 5.74) is 1.88. The van der Waals surface area contributed by atoms with Gasteiger partial charge in [0.25, 0.3) is 0 Å². The van der Waals surface area contributed by atoms with Crippen molar-refractivity contribution in [3.63, 3.8) is 0 Å². The first kappa shape index (κ1) is 19.1. The maximum atomic E-state index is 12.2. The van der Waals surface area contributed by atoms with Crippen LogP contribution in [-0.2, 0) is 11.4 Å². The summed E-state index contributed by atoms with van der Waals surface area (Å²) in [4.78, 5) is 16.4. The number of carbonyl (C=O) groups excluding carboxylic acids is 1. The van der Waals surface area contributed by atoms with Gasteiger partial charge in [-0.3, -0.25) is 4.79 Å². The van der Waals surface area contributed by atoms with Gasteiger partial charge < -0.3 is 10.1 Å². The summed E-state index contributed by atoms with van der Waals surface area (Å²) < 4.78 is 6.80. The predicted molar refractivity (Wildman–Crippen MR) is 112 cm³/mol. The molecule has 1 heterocycles. The topological polar surface area (TPSA) is 51.2 Å². The maximum absolute atomic E-state index is 12.2. The van der Waals surface area contributed by atoms with E-state index in [0.717, 1.165) is 21.5 Å². The Morgan fingerprint density at radius 2 is 2.00 bits per heavy atom. The van der Waals surface area contributed by atoms with Crippen LogP contribution in [0.1, 0.15) is 19.4 Å². The number of ether oxygens (including phenoxy) is 1. The highest BCUT2D eigenvalue weighted by molar-refractivity contribution is 9.10. The normalized spacial score (nSPS) is 12.3. The van der Waals surface area contributed by atoms with Crippen LogP contribution in [-0.4, -0.2) is 15.7 Å². The molecule has 136 valence electrons. The van der Waals surface area contributed by atoms with Crippen LogP contribution in [0.15, 0.2) is 42.5 Å². The number of hydrogen-bond acceptors (Lipinski definition) is 4. The van der Waals surface area contributed by atoms with Gasteiger partial charge in [-0.1, -0.05) is 64.8 Å². The number of rotatable bonds is 6. The van der Waals surface area contributed by atoms with E-state index < -0.39 is 0 Å². The number of benzene rings is 2. The number of carbonyl (C=O) groups is 1. The van der Waals surface area contributed by atoms with Crippen molar-refractivity contribution in [2.24, 2.45) is 5.92 Å². The molecule has 1 N–H and O–H groups in total. The molecule has 0 aliphatic carbocycles. The molecule has 0 bridgehead atoms. The quantitative estimate of drug-likeness (QED) is 0.474. The Balaban J connectivity index is 1.69. The second kappa shape index (κ2) is 8.37. The summed E-state index contributed by atoms with van der Waals surface area (Å²) in [6.07, 6.45) is 0. The third-order valence-corrected chi connectivity index (χ3v) is 6.40. The number of aromatic nitrogens is 1. The van der Waals surface area contributed by atoms with Gasteiger partial charge in [0.2, 0.25) is 5.91 Å². The van der Waals surface area contributed by atoms with Gasteiger partial charge in [-0.2, -0.15) is 0 Å². The molecule has 0 aliphatic heterocycles. The average Bonchev–Trinajstić information content (AvgIpc) is 3.01. The molecule has 0 aliphatic rings. The van der Waals surface area contributed by atoms with Gasteiger partial charge in [0.15, 0.2) is 5.13 Å². The maximum Gasteiger partial charge on any atom is 0.240 e. The fourth-order valence-electron chi connectivity index (χ4n) is 2.27. The monoisotopic (exact) mass is 452 g/mol. The average molecular weight is 454 g/mol. The Morgan fingerprint density at radius 1 is 1.27 bits per heavy atom. The highest BCUT2D eigenvalue weighted by atomic mass is 79.9. The van der Waals surface area contributed by atoms with E-state index in [1.54, 1.807) is 0 Å². The van der Waals surface area contributed by atoms with Crippen molar-refractivity contribution in [1.29, 1.82) is 0 Å². The van der Waals surface area contributed by atoms with Crippen LogP contribution in [0.4, 0.5) is 5.13 Å². The van der Waals surface area contributed by atoms with E-state index in [1.807, 2.05) is 56.3 Å². The molecule has 1 amide bonds. The number of halogens is 2. The number of fused-ring (bicyclic) bond motifs is 1. The third-order valence-electron chi connectivity index (χ3n) is 3.74. The molecule has 0 unspecified atom stereocenters. The van der Waals surface area contributed by atoms with Crippen LogP contribution in [0.3, 0.4) is 0 Å². The molecular weight excluding hydrogens is 436 g/mol. The van der Waals surface area contributed by atoms with Crippen molar-refractivity contribution in [3.05, 3.63) is 53.1 Å². The van der Waals surface area contributed by atoms with Gasteiger partial charge in [0.05, 0.1) is 15.0 Å². The summed E-state index contributed by atoms with van der Waals surface area (Å²) in [7, 11) is 0. The van der Waals surface area contributed by atoms with Gasteiger partial charge in [0, 0.05) is 5.02 Å². The highest BCUT2D eigenvalue weighted by Crippen LogP contribution is 2.30. The fourth-order valence-corrected chi connectivity index (χ4v) is 3.41. The van der Waals surface area contributed by atoms with Gasteiger partial charge in [-0.05, 0) is 41.8 Å². The number of alkyl halides is 1. The molecule has 0 saturated carbocycles. The second-order valence-electron chi connectivity index (χ2n) is 6.20. The van der Waals surface area contributed by atoms with Crippen molar-refractivity contribution < 1.29 is 9.53 Å².